The monoisotopic (exact) mass is 265 g/mol. The number of anilines is 1. The van der Waals surface area contributed by atoms with Gasteiger partial charge in [0.15, 0.2) is 9.84 Å². The van der Waals surface area contributed by atoms with E-state index in [-0.39, 0.29) is 11.2 Å². The number of carbonyl (C=O) groups excluding carboxylic acids is 1. The van der Waals surface area contributed by atoms with Crippen molar-refractivity contribution >= 4 is 21.4 Å². The molecular formula is C13H15NO3S. The molecule has 0 spiro atoms. The van der Waals surface area contributed by atoms with Crippen molar-refractivity contribution in [3.8, 4) is 0 Å². The summed E-state index contributed by atoms with van der Waals surface area (Å²) in [6, 6.07) is 5.14. The van der Waals surface area contributed by atoms with Crippen molar-refractivity contribution in [2.24, 2.45) is 0 Å². The van der Waals surface area contributed by atoms with E-state index >= 15 is 0 Å². The van der Waals surface area contributed by atoms with E-state index in [1.165, 1.54) is 6.92 Å². The van der Waals surface area contributed by atoms with Crippen LogP contribution in [0.15, 0.2) is 23.1 Å². The lowest BCUT2D eigenvalue weighted by molar-refractivity contribution is -0.116. The van der Waals surface area contributed by atoms with Crippen LogP contribution < -0.4 is 4.90 Å². The molecule has 4 nitrogen and oxygen atoms in total. The SMILES string of the molecule is CC(=O)N1CCc2cc(S(=O)(=O)C3CC3)ccc21. The van der Waals surface area contributed by atoms with Crippen LogP contribution in [-0.2, 0) is 21.1 Å². The largest absolute Gasteiger partial charge is 0.312 e. The van der Waals surface area contributed by atoms with Crippen LogP contribution >= 0.6 is 0 Å². The minimum atomic E-state index is -3.13. The van der Waals surface area contributed by atoms with Gasteiger partial charge < -0.3 is 4.90 Å². The molecule has 0 aromatic heterocycles. The Kier molecular flexibility index (Phi) is 2.48. The van der Waals surface area contributed by atoms with Gasteiger partial charge in [0, 0.05) is 19.2 Å². The number of fused-ring (bicyclic) bond motifs is 1. The first-order valence-corrected chi connectivity index (χ1v) is 7.70. The van der Waals surface area contributed by atoms with Crippen LogP contribution in [0.5, 0.6) is 0 Å². The Morgan fingerprint density at radius 3 is 2.67 bits per heavy atom. The summed E-state index contributed by atoms with van der Waals surface area (Å²) in [4.78, 5) is 13.5. The van der Waals surface area contributed by atoms with Gasteiger partial charge in [0.25, 0.3) is 0 Å². The minimum absolute atomic E-state index is 0.00606. The molecule has 0 unspecified atom stereocenters. The van der Waals surface area contributed by atoms with E-state index in [1.54, 1.807) is 23.1 Å². The molecule has 1 aliphatic heterocycles. The van der Waals surface area contributed by atoms with Crippen LogP contribution in [0.25, 0.3) is 0 Å². The van der Waals surface area contributed by atoms with Crippen molar-refractivity contribution in [2.45, 2.75) is 36.3 Å². The van der Waals surface area contributed by atoms with Crippen LogP contribution in [0.4, 0.5) is 5.69 Å². The smallest absolute Gasteiger partial charge is 0.223 e. The number of carbonyl (C=O) groups is 1. The molecule has 1 amide bonds. The summed E-state index contributed by atoms with van der Waals surface area (Å²) in [6.45, 7) is 2.18. The zero-order valence-corrected chi connectivity index (χ0v) is 11.0. The molecule has 2 aliphatic rings. The van der Waals surface area contributed by atoms with E-state index in [2.05, 4.69) is 0 Å². The first kappa shape index (κ1) is 11.7. The van der Waals surface area contributed by atoms with E-state index in [0.717, 1.165) is 30.5 Å². The highest BCUT2D eigenvalue weighted by atomic mass is 32.2. The molecule has 0 N–H and O–H groups in total. The summed E-state index contributed by atoms with van der Waals surface area (Å²) in [7, 11) is -3.13. The fourth-order valence-corrected chi connectivity index (χ4v) is 4.16. The summed E-state index contributed by atoms with van der Waals surface area (Å²) in [5, 5.41) is -0.180. The van der Waals surface area contributed by atoms with Crippen molar-refractivity contribution in [1.82, 2.24) is 0 Å². The summed E-state index contributed by atoms with van der Waals surface area (Å²) < 4.78 is 24.3. The molecular weight excluding hydrogens is 250 g/mol. The Morgan fingerprint density at radius 2 is 2.06 bits per heavy atom. The van der Waals surface area contributed by atoms with Crippen LogP contribution in [-0.4, -0.2) is 26.1 Å². The summed E-state index contributed by atoms with van der Waals surface area (Å²) in [5.74, 6) is 0.00606. The molecule has 0 saturated heterocycles. The summed E-state index contributed by atoms with van der Waals surface area (Å²) in [6.07, 6.45) is 2.29. The van der Waals surface area contributed by atoms with E-state index in [1.807, 2.05) is 0 Å². The predicted octanol–water partition coefficient (Wildman–Crippen LogP) is 1.53. The third-order valence-corrected chi connectivity index (χ3v) is 5.88. The molecule has 1 heterocycles. The minimum Gasteiger partial charge on any atom is -0.312 e. The van der Waals surface area contributed by atoms with E-state index in [0.29, 0.717) is 11.4 Å². The number of hydrogen-bond acceptors (Lipinski definition) is 3. The molecule has 0 atom stereocenters. The molecule has 1 saturated carbocycles. The van der Waals surface area contributed by atoms with E-state index < -0.39 is 9.84 Å². The van der Waals surface area contributed by atoms with Gasteiger partial charge in [-0.15, -0.1) is 0 Å². The molecule has 0 radical (unpaired) electrons. The molecule has 1 aromatic rings. The average molecular weight is 265 g/mol. The molecule has 1 aromatic carbocycles. The predicted molar refractivity (Wildman–Crippen MR) is 68.4 cm³/mol. The van der Waals surface area contributed by atoms with Gasteiger partial charge in [-0.3, -0.25) is 4.79 Å². The molecule has 1 fully saturated rings. The quantitative estimate of drug-likeness (QED) is 0.815. The third kappa shape index (κ3) is 1.73. The second-order valence-electron chi connectivity index (χ2n) is 4.96. The van der Waals surface area contributed by atoms with Gasteiger partial charge in [-0.05, 0) is 43.0 Å². The second kappa shape index (κ2) is 3.82. The summed E-state index contributed by atoms with van der Waals surface area (Å²) in [5.41, 5.74) is 1.82. The number of sulfone groups is 1. The Hall–Kier alpha value is -1.36. The maximum atomic E-state index is 12.1. The molecule has 0 bridgehead atoms. The van der Waals surface area contributed by atoms with Crippen LogP contribution in [0.1, 0.15) is 25.3 Å². The number of amides is 1. The Morgan fingerprint density at radius 1 is 1.33 bits per heavy atom. The lowest BCUT2D eigenvalue weighted by Crippen LogP contribution is -2.25. The van der Waals surface area contributed by atoms with E-state index in [9.17, 15) is 13.2 Å². The first-order valence-electron chi connectivity index (χ1n) is 6.15. The highest BCUT2D eigenvalue weighted by Gasteiger charge is 2.37. The van der Waals surface area contributed by atoms with Crippen molar-refractivity contribution in [3.05, 3.63) is 23.8 Å². The van der Waals surface area contributed by atoms with Gasteiger partial charge in [-0.1, -0.05) is 0 Å². The van der Waals surface area contributed by atoms with Crippen LogP contribution in [0, 0.1) is 0 Å². The van der Waals surface area contributed by atoms with Crippen molar-refractivity contribution in [3.63, 3.8) is 0 Å². The number of benzene rings is 1. The van der Waals surface area contributed by atoms with Gasteiger partial charge >= 0.3 is 0 Å². The second-order valence-corrected chi connectivity index (χ2v) is 7.18. The zero-order chi connectivity index (χ0) is 12.9. The van der Waals surface area contributed by atoms with Crippen molar-refractivity contribution < 1.29 is 13.2 Å². The Bertz CT molecular complexity index is 617. The van der Waals surface area contributed by atoms with E-state index in [4.69, 9.17) is 0 Å². The van der Waals surface area contributed by atoms with Crippen molar-refractivity contribution in [1.29, 1.82) is 0 Å². The average Bonchev–Trinajstić information content (AvgIpc) is 3.08. The fourth-order valence-electron chi connectivity index (χ4n) is 2.45. The van der Waals surface area contributed by atoms with Crippen molar-refractivity contribution in [2.75, 3.05) is 11.4 Å². The Labute approximate surface area is 107 Å². The normalized spacial score (nSPS) is 18.8. The van der Waals surface area contributed by atoms with Crippen LogP contribution in [0.3, 0.4) is 0 Å². The first-order chi connectivity index (χ1) is 8.50. The number of nitrogens with zero attached hydrogens (tertiary/aromatic N) is 1. The molecule has 3 rings (SSSR count). The number of rotatable bonds is 2. The lowest BCUT2D eigenvalue weighted by atomic mass is 10.2. The van der Waals surface area contributed by atoms with Gasteiger partial charge in [0.05, 0.1) is 10.1 Å². The number of hydrogen-bond donors (Lipinski definition) is 0. The van der Waals surface area contributed by atoms with Gasteiger partial charge in [0.1, 0.15) is 0 Å². The standard InChI is InChI=1S/C13H15NO3S/c1-9(15)14-7-6-10-8-12(4-5-13(10)14)18(16,17)11-2-3-11/h4-5,8,11H,2-3,6-7H2,1H3. The molecule has 5 heteroatoms. The topological polar surface area (TPSA) is 54.5 Å². The fraction of sp³-hybridized carbons (Fsp3) is 0.462. The highest BCUT2D eigenvalue weighted by molar-refractivity contribution is 7.92. The van der Waals surface area contributed by atoms with Crippen LogP contribution in [0.2, 0.25) is 0 Å². The zero-order valence-electron chi connectivity index (χ0n) is 10.2. The Balaban J connectivity index is 2.01. The van der Waals surface area contributed by atoms with Gasteiger partial charge in [0.2, 0.25) is 5.91 Å². The highest BCUT2D eigenvalue weighted by Crippen LogP contribution is 2.36. The summed E-state index contributed by atoms with van der Waals surface area (Å²) >= 11 is 0. The maximum Gasteiger partial charge on any atom is 0.223 e. The van der Waals surface area contributed by atoms with Gasteiger partial charge in [-0.2, -0.15) is 0 Å². The third-order valence-electron chi connectivity index (χ3n) is 3.62. The molecule has 18 heavy (non-hydrogen) atoms. The van der Waals surface area contributed by atoms with Gasteiger partial charge in [-0.25, -0.2) is 8.42 Å². The maximum absolute atomic E-state index is 12.1. The lowest BCUT2D eigenvalue weighted by Gasteiger charge is -2.14. The molecule has 1 aliphatic carbocycles. The molecule has 96 valence electrons.